The molecule has 53 heavy (non-hydrogen) atoms. The van der Waals surface area contributed by atoms with Crippen LogP contribution in [0.15, 0.2) is 100 Å². The van der Waals surface area contributed by atoms with E-state index in [0.29, 0.717) is 67.0 Å². The Kier molecular flexibility index (Phi) is 11.9. The predicted octanol–water partition coefficient (Wildman–Crippen LogP) is 5.67. The fraction of sp³-hybridized carbons (Fsp3) is 0.205. The van der Waals surface area contributed by atoms with Crippen LogP contribution in [-0.2, 0) is 22.7 Å². The van der Waals surface area contributed by atoms with Gasteiger partial charge in [-0.15, -0.1) is 0 Å². The summed E-state index contributed by atoms with van der Waals surface area (Å²) in [6.07, 6.45) is 2.80. The number of quaternary nitrogens is 1. The number of phenolic OH excluding ortho intramolecular Hbond substituents is 1. The zero-order valence-electron chi connectivity index (χ0n) is 29.0. The normalized spacial score (nSPS) is 11.5. The predicted molar refractivity (Wildman–Crippen MR) is 203 cm³/mol. The van der Waals surface area contributed by atoms with Crippen LogP contribution < -0.4 is 16.1 Å². The number of hydrogen-bond donors (Lipinski definition) is 6. The van der Waals surface area contributed by atoms with E-state index in [2.05, 4.69) is 24.7 Å². The van der Waals surface area contributed by atoms with Gasteiger partial charge in [0.2, 0.25) is 0 Å². The minimum absolute atomic E-state index is 0.00123. The molecule has 13 nitrogen and oxygen atoms in total. The van der Waals surface area contributed by atoms with Gasteiger partial charge in [0.25, 0.3) is 5.91 Å². The average Bonchev–Trinajstić information content (AvgIpc) is 3.10. The lowest BCUT2D eigenvalue weighted by Crippen LogP contribution is -2.40. The molecule has 2 aliphatic rings. The zero-order chi connectivity index (χ0) is 38.3. The van der Waals surface area contributed by atoms with Crippen molar-refractivity contribution in [2.75, 3.05) is 32.5 Å². The summed E-state index contributed by atoms with van der Waals surface area (Å²) >= 11 is 5.52. The van der Waals surface area contributed by atoms with Crippen molar-refractivity contribution in [3.05, 3.63) is 118 Å². The first-order chi connectivity index (χ1) is 25.2. The molecule has 1 heterocycles. The molecule has 0 unspecified atom stereocenters. The first-order valence-electron chi connectivity index (χ1n) is 16.6. The smallest absolute Gasteiger partial charge is 0.336 e. The molecule has 0 spiro atoms. The Morgan fingerprint density at radius 1 is 0.887 bits per heavy atom. The molecule has 14 heteroatoms. The molecule has 3 aromatic rings. The highest BCUT2D eigenvalue weighted by atomic mass is 32.1. The van der Waals surface area contributed by atoms with E-state index in [1.807, 2.05) is 24.3 Å². The molecule has 274 valence electrons. The number of carboxylic acids is 2. The van der Waals surface area contributed by atoms with Gasteiger partial charge in [0.1, 0.15) is 23.6 Å². The summed E-state index contributed by atoms with van der Waals surface area (Å²) in [5.74, 6) is -2.97. The number of phenols is 1. The van der Waals surface area contributed by atoms with Crippen molar-refractivity contribution in [2.45, 2.75) is 25.9 Å². The summed E-state index contributed by atoms with van der Waals surface area (Å²) < 4.78 is 6.58. The lowest BCUT2D eigenvalue weighted by atomic mass is 9.90. The largest absolute Gasteiger partial charge is 0.508 e. The maximum Gasteiger partial charge on any atom is 0.336 e. The van der Waals surface area contributed by atoms with E-state index >= 15 is 0 Å². The number of aliphatic carboxylic acids is 1. The standard InChI is InChI=1S/C39H38N4O9S/c1-43(2,18-4-3-17-42(51)35(46)15-16-36(47)48)23-25-7-5-24(6-8-25)22-40-39(53)41-26-9-12-29(32(19-26)38(49)50)37-30-13-10-27(44)20-33(30)52-34-21-28(45)11-14-31(34)37/h5-16,19-21,51H,3-4,17-18,22-23H2,1-2H3,(H4-,40,41,44,45,47,48,49,50,53)/p+1. The van der Waals surface area contributed by atoms with Crippen LogP contribution in [0.25, 0.3) is 33.4 Å². The van der Waals surface area contributed by atoms with E-state index in [-0.39, 0.29) is 29.0 Å². The summed E-state index contributed by atoms with van der Waals surface area (Å²) in [7, 11) is 4.18. The molecule has 0 radical (unpaired) electrons. The number of rotatable bonds is 14. The maximum absolute atomic E-state index is 12.6. The van der Waals surface area contributed by atoms with Gasteiger partial charge in [0.05, 0.1) is 26.2 Å². The Hall–Kier alpha value is -6.09. The second-order valence-electron chi connectivity index (χ2n) is 13.2. The van der Waals surface area contributed by atoms with Crippen molar-refractivity contribution in [3.63, 3.8) is 0 Å². The van der Waals surface area contributed by atoms with Gasteiger partial charge in [-0.2, -0.15) is 0 Å². The topological polar surface area (TPSA) is 190 Å². The molecule has 0 saturated carbocycles. The van der Waals surface area contributed by atoms with E-state index in [9.17, 15) is 34.6 Å². The van der Waals surface area contributed by atoms with E-state index < -0.39 is 17.8 Å². The minimum Gasteiger partial charge on any atom is -0.508 e. The number of amides is 1. The Balaban J connectivity index is 1.18. The van der Waals surface area contributed by atoms with E-state index in [1.165, 1.54) is 30.3 Å². The number of nitrogens with zero attached hydrogens (tertiary/aromatic N) is 2. The van der Waals surface area contributed by atoms with E-state index in [0.717, 1.165) is 36.7 Å². The van der Waals surface area contributed by atoms with Crippen LogP contribution in [0.5, 0.6) is 5.75 Å². The Bertz CT molecular complexity index is 2230. The highest BCUT2D eigenvalue weighted by Gasteiger charge is 2.23. The summed E-state index contributed by atoms with van der Waals surface area (Å²) in [6, 6.07) is 21.8. The Labute approximate surface area is 309 Å². The monoisotopic (exact) mass is 739 g/mol. The number of hydroxylamine groups is 2. The van der Waals surface area contributed by atoms with Gasteiger partial charge in [-0.3, -0.25) is 14.8 Å². The number of carboxylic acid groups (broad SMARTS) is 2. The summed E-state index contributed by atoms with van der Waals surface area (Å²) in [4.78, 5) is 46.9. The second-order valence-corrected chi connectivity index (χ2v) is 13.6. The lowest BCUT2D eigenvalue weighted by molar-refractivity contribution is -0.903. The first-order valence-corrected chi connectivity index (χ1v) is 17.0. The highest BCUT2D eigenvalue weighted by molar-refractivity contribution is 7.80. The van der Waals surface area contributed by atoms with Crippen LogP contribution in [0.4, 0.5) is 5.69 Å². The molecule has 0 saturated heterocycles. The number of aromatic carboxylic acids is 1. The van der Waals surface area contributed by atoms with Gasteiger partial charge in [-0.05, 0) is 72.6 Å². The molecule has 0 bridgehead atoms. The number of unbranched alkanes of at least 4 members (excludes halogenated alkanes) is 1. The van der Waals surface area contributed by atoms with Crippen LogP contribution in [0.2, 0.25) is 0 Å². The molecule has 3 aromatic carbocycles. The van der Waals surface area contributed by atoms with Crippen LogP contribution in [0.3, 0.4) is 0 Å². The number of carbonyl (C=O) groups is 3. The van der Waals surface area contributed by atoms with Crippen LogP contribution in [-0.4, -0.2) is 80.2 Å². The van der Waals surface area contributed by atoms with Crippen LogP contribution >= 0.6 is 12.2 Å². The third kappa shape index (κ3) is 10.0. The third-order valence-corrected chi connectivity index (χ3v) is 8.79. The van der Waals surface area contributed by atoms with Gasteiger partial charge < -0.3 is 34.9 Å². The molecule has 1 amide bonds. The molecule has 0 fully saturated rings. The number of fused-ring (bicyclic) bond motifs is 2. The lowest BCUT2D eigenvalue weighted by Gasteiger charge is -2.30. The SMILES string of the molecule is C[N+](C)(CCCCN(O)C(=O)C=CC(=O)O)Cc1ccc(CNC(=S)Nc2ccc(-c3c4ccc(=O)cc-4oc4cc(O)ccc34)c(C(=O)O)c2)cc1. The van der Waals surface area contributed by atoms with E-state index in [1.54, 1.807) is 24.3 Å². The molecular formula is C39H39N4O9S+. The van der Waals surface area contributed by atoms with Crippen molar-refractivity contribution in [1.29, 1.82) is 0 Å². The van der Waals surface area contributed by atoms with Gasteiger partial charge in [-0.1, -0.05) is 30.3 Å². The highest BCUT2D eigenvalue weighted by Crippen LogP contribution is 2.42. The van der Waals surface area contributed by atoms with Gasteiger partial charge in [0.15, 0.2) is 10.5 Å². The fourth-order valence-electron chi connectivity index (χ4n) is 6.00. The zero-order valence-corrected chi connectivity index (χ0v) is 29.9. The van der Waals surface area contributed by atoms with Crippen molar-refractivity contribution < 1.29 is 43.8 Å². The van der Waals surface area contributed by atoms with Crippen LogP contribution in [0, 0.1) is 0 Å². The van der Waals surface area contributed by atoms with Crippen molar-refractivity contribution in [2.24, 2.45) is 0 Å². The minimum atomic E-state index is -1.26. The third-order valence-electron chi connectivity index (χ3n) is 8.55. The van der Waals surface area contributed by atoms with Crippen molar-refractivity contribution >= 4 is 51.8 Å². The van der Waals surface area contributed by atoms with Gasteiger partial charge in [-0.25, -0.2) is 14.7 Å². The Morgan fingerprint density at radius 3 is 2.32 bits per heavy atom. The molecule has 0 aromatic heterocycles. The first kappa shape index (κ1) is 38.1. The number of carbonyl (C=O) groups excluding carboxylic acids is 1. The number of aromatic hydroxyl groups is 1. The molecule has 5 rings (SSSR count). The second kappa shape index (κ2) is 16.5. The molecule has 6 N–H and O–H groups in total. The number of anilines is 1. The molecule has 0 atom stereocenters. The summed E-state index contributed by atoms with van der Waals surface area (Å²) in [6.45, 7) is 2.07. The fourth-order valence-corrected chi connectivity index (χ4v) is 6.19. The quantitative estimate of drug-likeness (QED) is 0.0156. The molecule has 1 aliphatic carbocycles. The average molecular weight is 740 g/mol. The number of nitrogens with one attached hydrogen (secondary N) is 2. The van der Waals surface area contributed by atoms with Crippen molar-refractivity contribution in [3.8, 4) is 28.2 Å². The summed E-state index contributed by atoms with van der Waals surface area (Å²) in [5.41, 5.74) is 4.08. The van der Waals surface area contributed by atoms with E-state index in [4.69, 9.17) is 21.7 Å². The number of thiocarbonyl (C=S) groups is 1. The molecule has 1 aliphatic heterocycles. The van der Waals surface area contributed by atoms with Gasteiger partial charge in [0, 0.05) is 65.1 Å². The molecular weight excluding hydrogens is 701 g/mol. The Morgan fingerprint density at radius 2 is 1.60 bits per heavy atom. The summed E-state index contributed by atoms with van der Waals surface area (Å²) in [5, 5.41) is 46.3. The maximum atomic E-state index is 12.6. The van der Waals surface area contributed by atoms with Crippen LogP contribution in [0.1, 0.15) is 34.3 Å². The number of benzene rings is 4. The van der Waals surface area contributed by atoms with Gasteiger partial charge >= 0.3 is 11.9 Å². The van der Waals surface area contributed by atoms with Crippen molar-refractivity contribution in [1.82, 2.24) is 10.4 Å². The number of hydrogen-bond acceptors (Lipinski definition) is 8.